The first-order valence-corrected chi connectivity index (χ1v) is 6.86. The molecule has 0 saturated heterocycles. The molecule has 1 nitrogen and oxygen atoms in total. The summed E-state index contributed by atoms with van der Waals surface area (Å²) < 4.78 is 0. The highest BCUT2D eigenvalue weighted by Crippen LogP contribution is 2.28. The van der Waals surface area contributed by atoms with Crippen LogP contribution in [0, 0.1) is 11.3 Å². The number of Topliss-reactive ketones (excluding diaryl/α,β-unsaturated/α-hetero) is 1. The van der Waals surface area contributed by atoms with Crippen LogP contribution in [0.5, 0.6) is 0 Å². The van der Waals surface area contributed by atoms with Gasteiger partial charge < -0.3 is 0 Å². The van der Waals surface area contributed by atoms with Crippen LogP contribution in [0.15, 0.2) is 16.8 Å². The molecule has 1 atom stereocenters. The largest absolute Gasteiger partial charge is 0.300 e. The van der Waals surface area contributed by atoms with Gasteiger partial charge in [0.2, 0.25) is 0 Å². The van der Waals surface area contributed by atoms with Crippen LogP contribution >= 0.6 is 11.3 Å². The molecule has 1 aromatic rings. The predicted molar refractivity (Wildman–Crippen MR) is 70.9 cm³/mol. The molecule has 0 aliphatic carbocycles. The Morgan fingerprint density at radius 2 is 2.12 bits per heavy atom. The number of thiophene rings is 1. The Morgan fingerprint density at radius 3 is 2.62 bits per heavy atom. The average Bonchev–Trinajstić information content (AvgIpc) is 2.65. The lowest BCUT2D eigenvalue weighted by Gasteiger charge is -2.26. The number of rotatable bonds is 5. The Hall–Kier alpha value is -0.630. The fraction of sp³-hybridized carbons (Fsp3) is 0.643. The Labute approximate surface area is 103 Å². The van der Waals surface area contributed by atoms with E-state index in [2.05, 4.69) is 44.5 Å². The van der Waals surface area contributed by atoms with Gasteiger partial charge in [0.15, 0.2) is 0 Å². The maximum atomic E-state index is 11.8. The van der Waals surface area contributed by atoms with Gasteiger partial charge in [-0.25, -0.2) is 0 Å². The summed E-state index contributed by atoms with van der Waals surface area (Å²) in [6.45, 7) is 8.76. The molecule has 2 heteroatoms. The van der Waals surface area contributed by atoms with Crippen LogP contribution < -0.4 is 0 Å². The summed E-state index contributed by atoms with van der Waals surface area (Å²) in [6.07, 6.45) is 2.31. The van der Waals surface area contributed by atoms with Crippen molar-refractivity contribution in [2.24, 2.45) is 11.3 Å². The van der Waals surface area contributed by atoms with E-state index in [4.69, 9.17) is 0 Å². The van der Waals surface area contributed by atoms with E-state index in [0.717, 1.165) is 6.42 Å². The quantitative estimate of drug-likeness (QED) is 0.746. The number of aryl methyl sites for hydroxylation is 1. The molecule has 1 heterocycles. The van der Waals surface area contributed by atoms with Gasteiger partial charge in [-0.3, -0.25) is 4.79 Å². The molecule has 0 aromatic carbocycles. The zero-order valence-electron chi connectivity index (χ0n) is 10.7. The van der Waals surface area contributed by atoms with E-state index in [0.29, 0.717) is 24.5 Å². The second-order valence-electron chi connectivity index (χ2n) is 5.64. The lowest BCUT2D eigenvalue weighted by molar-refractivity contribution is -0.120. The maximum absolute atomic E-state index is 11.8. The Bertz CT molecular complexity index is 319. The van der Waals surface area contributed by atoms with E-state index in [1.54, 1.807) is 11.3 Å². The lowest BCUT2D eigenvalue weighted by atomic mass is 9.79. The SMILES string of the molecule is CC(CC(=O)CCc1ccsc1)C(C)(C)C. The van der Waals surface area contributed by atoms with Gasteiger partial charge in [-0.05, 0) is 40.1 Å². The monoisotopic (exact) mass is 238 g/mol. The smallest absolute Gasteiger partial charge is 0.133 e. The Kier molecular flexibility index (Phi) is 4.72. The molecule has 0 N–H and O–H groups in total. The number of carbonyl (C=O) groups excluding carboxylic acids is 1. The van der Waals surface area contributed by atoms with Gasteiger partial charge in [0.05, 0.1) is 0 Å². The summed E-state index contributed by atoms with van der Waals surface area (Å²) in [4.78, 5) is 11.8. The number of hydrogen-bond acceptors (Lipinski definition) is 2. The molecule has 0 aliphatic heterocycles. The standard InChI is InChI=1S/C14H22OS/c1-11(14(2,3)4)9-13(15)6-5-12-7-8-16-10-12/h7-8,10-11H,5-6,9H2,1-4H3. The molecule has 0 spiro atoms. The van der Waals surface area contributed by atoms with Crippen LogP contribution in [-0.4, -0.2) is 5.78 Å². The summed E-state index contributed by atoms with van der Waals surface area (Å²) >= 11 is 1.70. The molecular weight excluding hydrogens is 216 g/mol. The van der Waals surface area contributed by atoms with Crippen molar-refractivity contribution in [3.05, 3.63) is 22.4 Å². The summed E-state index contributed by atoms with van der Waals surface area (Å²) in [6, 6.07) is 2.10. The molecule has 0 radical (unpaired) electrons. The third-order valence-corrected chi connectivity index (χ3v) is 4.02. The highest BCUT2D eigenvalue weighted by atomic mass is 32.1. The second kappa shape index (κ2) is 5.62. The molecule has 1 rings (SSSR count). The first-order chi connectivity index (χ1) is 7.39. The van der Waals surface area contributed by atoms with Gasteiger partial charge >= 0.3 is 0 Å². The van der Waals surface area contributed by atoms with Crippen molar-refractivity contribution in [2.75, 3.05) is 0 Å². The van der Waals surface area contributed by atoms with Gasteiger partial charge in [-0.1, -0.05) is 27.7 Å². The van der Waals surface area contributed by atoms with Crippen molar-refractivity contribution in [3.8, 4) is 0 Å². The predicted octanol–water partition coefficient (Wildman–Crippen LogP) is 4.32. The summed E-state index contributed by atoms with van der Waals surface area (Å²) in [5, 5.41) is 4.19. The highest BCUT2D eigenvalue weighted by molar-refractivity contribution is 7.07. The van der Waals surface area contributed by atoms with Crippen molar-refractivity contribution < 1.29 is 4.79 Å². The molecule has 0 saturated carbocycles. The summed E-state index contributed by atoms with van der Waals surface area (Å²) in [5.74, 6) is 0.857. The molecule has 0 amide bonds. The van der Waals surface area contributed by atoms with Gasteiger partial charge in [0, 0.05) is 12.8 Å². The first-order valence-electron chi connectivity index (χ1n) is 5.92. The minimum absolute atomic E-state index is 0.234. The lowest BCUT2D eigenvalue weighted by Crippen LogP contribution is -2.20. The van der Waals surface area contributed by atoms with Crippen LogP contribution in [0.4, 0.5) is 0 Å². The van der Waals surface area contributed by atoms with Crippen molar-refractivity contribution >= 4 is 17.1 Å². The minimum atomic E-state index is 0.234. The van der Waals surface area contributed by atoms with Crippen LogP contribution in [-0.2, 0) is 11.2 Å². The molecule has 90 valence electrons. The molecule has 0 bridgehead atoms. The summed E-state index contributed by atoms with van der Waals surface area (Å²) in [5.41, 5.74) is 1.53. The maximum Gasteiger partial charge on any atom is 0.133 e. The van der Waals surface area contributed by atoms with Gasteiger partial charge in [-0.2, -0.15) is 11.3 Å². The topological polar surface area (TPSA) is 17.1 Å². The molecule has 1 aromatic heterocycles. The minimum Gasteiger partial charge on any atom is -0.300 e. The van der Waals surface area contributed by atoms with Crippen LogP contribution in [0.3, 0.4) is 0 Å². The molecule has 16 heavy (non-hydrogen) atoms. The number of hydrogen-bond donors (Lipinski definition) is 0. The van der Waals surface area contributed by atoms with E-state index in [-0.39, 0.29) is 5.41 Å². The van der Waals surface area contributed by atoms with Gasteiger partial charge in [0.1, 0.15) is 5.78 Å². The number of carbonyl (C=O) groups is 1. The Balaban J connectivity index is 2.31. The molecular formula is C14H22OS. The van der Waals surface area contributed by atoms with E-state index >= 15 is 0 Å². The molecule has 1 unspecified atom stereocenters. The van der Waals surface area contributed by atoms with E-state index in [1.165, 1.54) is 5.56 Å². The van der Waals surface area contributed by atoms with Gasteiger partial charge in [-0.15, -0.1) is 0 Å². The average molecular weight is 238 g/mol. The molecule has 0 aliphatic rings. The van der Waals surface area contributed by atoms with Crippen LogP contribution in [0.1, 0.15) is 46.1 Å². The van der Waals surface area contributed by atoms with Crippen molar-refractivity contribution in [3.63, 3.8) is 0 Å². The van der Waals surface area contributed by atoms with Crippen LogP contribution in [0.25, 0.3) is 0 Å². The van der Waals surface area contributed by atoms with Crippen LogP contribution in [0.2, 0.25) is 0 Å². The zero-order valence-corrected chi connectivity index (χ0v) is 11.6. The fourth-order valence-electron chi connectivity index (χ4n) is 1.47. The normalized spacial score (nSPS) is 13.8. The third kappa shape index (κ3) is 4.48. The third-order valence-electron chi connectivity index (χ3n) is 3.28. The van der Waals surface area contributed by atoms with Crippen molar-refractivity contribution in [1.29, 1.82) is 0 Å². The molecule has 0 fully saturated rings. The van der Waals surface area contributed by atoms with Gasteiger partial charge in [0.25, 0.3) is 0 Å². The summed E-state index contributed by atoms with van der Waals surface area (Å²) in [7, 11) is 0. The fourth-order valence-corrected chi connectivity index (χ4v) is 2.17. The van der Waals surface area contributed by atoms with E-state index in [9.17, 15) is 4.79 Å². The zero-order chi connectivity index (χ0) is 12.2. The Morgan fingerprint density at radius 1 is 1.44 bits per heavy atom. The highest BCUT2D eigenvalue weighted by Gasteiger charge is 2.22. The second-order valence-corrected chi connectivity index (χ2v) is 6.42. The van der Waals surface area contributed by atoms with E-state index < -0.39 is 0 Å². The van der Waals surface area contributed by atoms with E-state index in [1.807, 2.05) is 0 Å². The van der Waals surface area contributed by atoms with Crippen molar-refractivity contribution in [1.82, 2.24) is 0 Å². The van der Waals surface area contributed by atoms with Crippen molar-refractivity contribution in [2.45, 2.75) is 47.0 Å². The first kappa shape index (κ1) is 13.4. The number of ketones is 1.